The number of ether oxygens (including phenoxy) is 3. The van der Waals surface area contributed by atoms with Crippen LogP contribution in [0.2, 0.25) is 0 Å². The van der Waals surface area contributed by atoms with Crippen LogP contribution in [0, 0.1) is 0 Å². The fourth-order valence-corrected chi connectivity index (χ4v) is 2.74. The molecule has 138 valence electrons. The molecule has 0 aliphatic rings. The molecule has 1 amide bonds. The number of primary amides is 1. The van der Waals surface area contributed by atoms with Crippen molar-refractivity contribution in [1.29, 1.82) is 0 Å². The van der Waals surface area contributed by atoms with E-state index in [9.17, 15) is 9.59 Å². The molecule has 0 atom stereocenters. The summed E-state index contributed by atoms with van der Waals surface area (Å²) in [6.45, 7) is 2.62. The minimum absolute atomic E-state index is 0.0753. The maximum absolute atomic E-state index is 12.3. The molecule has 2 N–H and O–H groups in total. The smallest absolute Gasteiger partial charge is 0.338 e. The van der Waals surface area contributed by atoms with Crippen molar-refractivity contribution in [2.45, 2.75) is 20.0 Å². The number of hydrogen-bond donors (Lipinski definition) is 1. The minimum atomic E-state index is -0.504. The minimum Gasteiger partial charge on any atom is -0.493 e. The molecule has 2 aromatic carbocycles. The number of esters is 1. The second-order valence-corrected chi connectivity index (χ2v) is 6.33. The van der Waals surface area contributed by atoms with Gasteiger partial charge >= 0.3 is 5.97 Å². The maximum atomic E-state index is 12.3. The molecular formula is C19H20BrNO5. The van der Waals surface area contributed by atoms with Crippen LogP contribution in [0.25, 0.3) is 0 Å². The van der Waals surface area contributed by atoms with E-state index in [0.29, 0.717) is 33.7 Å². The molecule has 0 radical (unpaired) electrons. The molecule has 26 heavy (non-hydrogen) atoms. The van der Waals surface area contributed by atoms with Crippen LogP contribution in [0.3, 0.4) is 0 Å². The van der Waals surface area contributed by atoms with Gasteiger partial charge in [0.15, 0.2) is 11.5 Å². The highest BCUT2D eigenvalue weighted by atomic mass is 79.9. The lowest BCUT2D eigenvalue weighted by Crippen LogP contribution is -2.11. The average molecular weight is 422 g/mol. The first-order chi connectivity index (χ1) is 12.5. The summed E-state index contributed by atoms with van der Waals surface area (Å²) >= 11 is 3.40. The van der Waals surface area contributed by atoms with Crippen LogP contribution in [0.1, 0.15) is 39.6 Å². The van der Waals surface area contributed by atoms with Crippen molar-refractivity contribution < 1.29 is 23.8 Å². The van der Waals surface area contributed by atoms with E-state index in [4.69, 9.17) is 19.9 Å². The molecule has 0 unspecified atom stereocenters. The van der Waals surface area contributed by atoms with E-state index < -0.39 is 11.9 Å². The average Bonchev–Trinajstić information content (AvgIpc) is 2.64. The van der Waals surface area contributed by atoms with Gasteiger partial charge in [0.25, 0.3) is 0 Å². The number of nitrogens with two attached hydrogens (primary N) is 1. The van der Waals surface area contributed by atoms with Crippen molar-refractivity contribution in [1.82, 2.24) is 0 Å². The first kappa shape index (κ1) is 19.8. The third kappa shape index (κ3) is 4.98. The number of methoxy groups -OCH3 is 1. The van der Waals surface area contributed by atoms with E-state index in [1.54, 1.807) is 36.4 Å². The molecule has 6 nitrogen and oxygen atoms in total. The fourth-order valence-electron chi connectivity index (χ4n) is 2.18. The number of rotatable bonds is 8. The van der Waals surface area contributed by atoms with Gasteiger partial charge < -0.3 is 19.9 Å². The summed E-state index contributed by atoms with van der Waals surface area (Å²) in [5.74, 6) is -0.000539. The van der Waals surface area contributed by atoms with E-state index in [2.05, 4.69) is 15.9 Å². The van der Waals surface area contributed by atoms with Crippen LogP contribution in [0.5, 0.6) is 11.5 Å². The summed E-state index contributed by atoms with van der Waals surface area (Å²) in [5, 5.41) is 0. The van der Waals surface area contributed by atoms with E-state index >= 15 is 0 Å². The Kier molecular flexibility index (Phi) is 7.03. The lowest BCUT2D eigenvalue weighted by atomic mass is 10.1. The van der Waals surface area contributed by atoms with Gasteiger partial charge in [-0.1, -0.05) is 19.1 Å². The number of hydrogen-bond acceptors (Lipinski definition) is 5. The highest BCUT2D eigenvalue weighted by Gasteiger charge is 2.16. The van der Waals surface area contributed by atoms with Crippen LogP contribution in [0.4, 0.5) is 0 Å². The van der Waals surface area contributed by atoms with Crippen LogP contribution in [-0.2, 0) is 11.3 Å². The van der Waals surface area contributed by atoms with Crippen LogP contribution in [0.15, 0.2) is 40.9 Å². The first-order valence-electron chi connectivity index (χ1n) is 8.02. The first-order valence-corrected chi connectivity index (χ1v) is 8.81. The van der Waals surface area contributed by atoms with Gasteiger partial charge in [0.2, 0.25) is 5.91 Å². The molecule has 0 bridgehead atoms. The number of carbonyl (C=O) groups is 2. The van der Waals surface area contributed by atoms with Gasteiger partial charge in [-0.2, -0.15) is 0 Å². The molecule has 0 heterocycles. The Morgan fingerprint density at radius 3 is 2.38 bits per heavy atom. The van der Waals surface area contributed by atoms with Gasteiger partial charge in [0.1, 0.15) is 6.61 Å². The molecule has 0 saturated heterocycles. The second-order valence-electron chi connectivity index (χ2n) is 5.48. The molecule has 0 aliphatic heterocycles. The number of carbonyl (C=O) groups excluding carboxylic acids is 2. The summed E-state index contributed by atoms with van der Waals surface area (Å²) in [4.78, 5) is 23.4. The SMILES string of the molecule is CCCOc1c(Br)cc(C(=O)OCc2ccc(C(N)=O)cc2)cc1OC. The van der Waals surface area contributed by atoms with Crippen LogP contribution in [-0.4, -0.2) is 25.6 Å². The molecular weight excluding hydrogens is 402 g/mol. The quantitative estimate of drug-likeness (QED) is 0.656. The highest BCUT2D eigenvalue weighted by molar-refractivity contribution is 9.10. The monoisotopic (exact) mass is 421 g/mol. The molecule has 0 spiro atoms. The third-order valence-corrected chi connectivity index (χ3v) is 4.11. The molecule has 0 saturated carbocycles. The molecule has 0 fully saturated rings. The molecule has 2 aromatic rings. The Morgan fingerprint density at radius 1 is 1.12 bits per heavy atom. The van der Waals surface area contributed by atoms with Crippen molar-refractivity contribution in [3.63, 3.8) is 0 Å². The summed E-state index contributed by atoms with van der Waals surface area (Å²) in [6.07, 6.45) is 0.855. The zero-order chi connectivity index (χ0) is 19.1. The summed E-state index contributed by atoms with van der Waals surface area (Å²) in [5.41, 5.74) is 6.68. The Balaban J connectivity index is 2.09. The van der Waals surface area contributed by atoms with E-state index in [0.717, 1.165) is 12.0 Å². The predicted octanol–water partition coefficient (Wildman–Crippen LogP) is 3.70. The Morgan fingerprint density at radius 2 is 1.81 bits per heavy atom. The maximum Gasteiger partial charge on any atom is 0.338 e. The standard InChI is InChI=1S/C19H20BrNO5/c1-3-8-25-17-15(20)9-14(10-16(17)24-2)19(23)26-11-12-4-6-13(7-5-12)18(21)22/h4-7,9-10H,3,8,11H2,1-2H3,(H2,21,22). The Bertz CT molecular complexity index is 789. The van der Waals surface area contributed by atoms with Crippen LogP contribution < -0.4 is 15.2 Å². The van der Waals surface area contributed by atoms with Crippen molar-refractivity contribution in [2.75, 3.05) is 13.7 Å². The highest BCUT2D eigenvalue weighted by Crippen LogP contribution is 2.37. The van der Waals surface area contributed by atoms with Gasteiger partial charge in [-0.05, 0) is 52.2 Å². The lowest BCUT2D eigenvalue weighted by molar-refractivity contribution is 0.0472. The zero-order valence-corrected chi connectivity index (χ0v) is 16.2. The fraction of sp³-hybridized carbons (Fsp3) is 0.263. The molecule has 2 rings (SSSR count). The third-order valence-electron chi connectivity index (χ3n) is 3.52. The number of benzene rings is 2. The van der Waals surface area contributed by atoms with E-state index in [1.807, 2.05) is 6.92 Å². The van der Waals surface area contributed by atoms with Crippen LogP contribution >= 0.6 is 15.9 Å². The Labute approximate surface area is 160 Å². The van der Waals surface area contributed by atoms with Crippen molar-refractivity contribution >= 4 is 27.8 Å². The van der Waals surface area contributed by atoms with Gasteiger partial charge in [-0.15, -0.1) is 0 Å². The van der Waals surface area contributed by atoms with Gasteiger partial charge in [0, 0.05) is 5.56 Å². The summed E-state index contributed by atoms with van der Waals surface area (Å²) in [6, 6.07) is 9.76. The topological polar surface area (TPSA) is 87.9 Å². The summed E-state index contributed by atoms with van der Waals surface area (Å²) in [7, 11) is 1.51. The van der Waals surface area contributed by atoms with E-state index in [-0.39, 0.29) is 6.61 Å². The zero-order valence-electron chi connectivity index (χ0n) is 14.6. The number of amides is 1. The second kappa shape index (κ2) is 9.24. The predicted molar refractivity (Wildman–Crippen MR) is 101 cm³/mol. The van der Waals surface area contributed by atoms with Gasteiger partial charge in [0.05, 0.1) is 23.8 Å². The lowest BCUT2D eigenvalue weighted by Gasteiger charge is -2.13. The normalized spacial score (nSPS) is 10.3. The Hall–Kier alpha value is -2.54. The largest absolute Gasteiger partial charge is 0.493 e. The number of halogens is 1. The summed E-state index contributed by atoms with van der Waals surface area (Å²) < 4.78 is 16.9. The van der Waals surface area contributed by atoms with Gasteiger partial charge in [-0.3, -0.25) is 4.79 Å². The molecule has 0 aliphatic carbocycles. The van der Waals surface area contributed by atoms with Crippen molar-refractivity contribution in [3.8, 4) is 11.5 Å². The molecule has 0 aromatic heterocycles. The van der Waals surface area contributed by atoms with Crippen molar-refractivity contribution in [2.24, 2.45) is 5.73 Å². The van der Waals surface area contributed by atoms with Crippen molar-refractivity contribution in [3.05, 3.63) is 57.6 Å². The van der Waals surface area contributed by atoms with Gasteiger partial charge in [-0.25, -0.2) is 4.79 Å². The van der Waals surface area contributed by atoms with E-state index in [1.165, 1.54) is 7.11 Å². The molecule has 7 heteroatoms.